The van der Waals surface area contributed by atoms with E-state index in [0.29, 0.717) is 22.5 Å². The molecular weight excluding hydrogens is 648 g/mol. The number of H-pyrrole nitrogens is 1. The third kappa shape index (κ3) is 6.64. The summed E-state index contributed by atoms with van der Waals surface area (Å²) in [6.45, 7) is 0. The maximum absolute atomic E-state index is 13.4. The fourth-order valence-electron chi connectivity index (χ4n) is 5.51. The number of carbonyl (C=O) groups excluding carboxylic acids is 3. The Balaban J connectivity index is 1.21. The molecule has 6 rings (SSSR count). The van der Waals surface area contributed by atoms with Crippen molar-refractivity contribution >= 4 is 29.1 Å². The highest BCUT2D eigenvalue weighted by molar-refractivity contribution is 6.20. The van der Waals surface area contributed by atoms with Crippen molar-refractivity contribution in [2.45, 2.75) is 55.3 Å². The van der Waals surface area contributed by atoms with Crippen LogP contribution in [0.4, 0.5) is 5.69 Å². The second kappa shape index (κ2) is 13.5. The molecule has 1 saturated heterocycles. The molecule has 18 nitrogen and oxygen atoms in total. The van der Waals surface area contributed by atoms with Gasteiger partial charge < -0.3 is 51.0 Å². The molecule has 3 amide bonds. The smallest absolute Gasteiger partial charge is 0.330 e. The lowest BCUT2D eigenvalue weighted by Crippen LogP contribution is -2.54. The molecule has 0 saturated carbocycles. The maximum Gasteiger partial charge on any atom is 0.330 e. The van der Waals surface area contributed by atoms with Crippen LogP contribution in [0.1, 0.15) is 17.4 Å². The van der Waals surface area contributed by atoms with Gasteiger partial charge in [-0.25, -0.2) is 9.79 Å². The summed E-state index contributed by atoms with van der Waals surface area (Å²) in [5, 5.41) is 47.6. The van der Waals surface area contributed by atoms with Gasteiger partial charge in [-0.05, 0) is 12.1 Å². The van der Waals surface area contributed by atoms with E-state index in [-0.39, 0.29) is 0 Å². The van der Waals surface area contributed by atoms with Gasteiger partial charge in [-0.2, -0.15) is 0 Å². The summed E-state index contributed by atoms with van der Waals surface area (Å²) < 4.78 is 17.3. The molecule has 1 fully saturated rings. The third-order valence-electron chi connectivity index (χ3n) is 7.94. The number of benzene rings is 2. The number of hydrogen-bond donors (Lipinski definition) is 8. The van der Waals surface area contributed by atoms with E-state index in [9.17, 15) is 44.4 Å². The Kier molecular flexibility index (Phi) is 9.24. The second-order valence-corrected chi connectivity index (χ2v) is 11.2. The SMILES string of the molecule is NC(=O)C(OC1OC(C(=O)NC2N=C(c3ccccc3)c3ccccc3NC2=O)=CC(O)C1O)C1OC(n2ccc(=O)[nH]c2=O)C(O)C1O. The van der Waals surface area contributed by atoms with E-state index in [4.69, 9.17) is 19.9 Å². The molecule has 0 spiro atoms. The average Bonchev–Trinajstić information content (AvgIpc) is 3.28. The number of aromatic amines is 1. The molecule has 3 aliphatic heterocycles. The maximum atomic E-state index is 13.4. The number of nitrogens with zero attached hydrogens (tertiary/aromatic N) is 2. The number of anilines is 1. The molecule has 3 aromatic rings. The van der Waals surface area contributed by atoms with Gasteiger partial charge in [0.15, 0.2) is 18.1 Å². The molecule has 0 bridgehead atoms. The van der Waals surface area contributed by atoms with Crippen molar-refractivity contribution in [3.63, 3.8) is 0 Å². The zero-order valence-corrected chi connectivity index (χ0v) is 25.2. The summed E-state index contributed by atoms with van der Waals surface area (Å²) in [7, 11) is 0. The van der Waals surface area contributed by atoms with Gasteiger partial charge in [-0.1, -0.05) is 48.5 Å². The minimum atomic E-state index is -1.99. The number of amides is 3. The highest BCUT2D eigenvalue weighted by atomic mass is 16.7. The van der Waals surface area contributed by atoms with Crippen molar-refractivity contribution in [3.05, 3.63) is 111 Å². The second-order valence-electron chi connectivity index (χ2n) is 11.2. The lowest BCUT2D eigenvalue weighted by molar-refractivity contribution is -0.240. The van der Waals surface area contributed by atoms with E-state index < -0.39 is 90.0 Å². The number of benzodiazepines with no additional fused rings is 1. The molecule has 9 N–H and O–H groups in total. The monoisotopic (exact) mass is 678 g/mol. The minimum absolute atomic E-state index is 0.388. The molecule has 2 aromatic carbocycles. The van der Waals surface area contributed by atoms with Gasteiger partial charge in [-0.3, -0.25) is 28.7 Å². The summed E-state index contributed by atoms with van der Waals surface area (Å²) >= 11 is 0. The lowest BCUT2D eigenvalue weighted by Gasteiger charge is -2.34. The molecule has 49 heavy (non-hydrogen) atoms. The van der Waals surface area contributed by atoms with Crippen LogP contribution >= 0.6 is 0 Å². The number of aliphatic imine (C=N–C) groups is 1. The van der Waals surface area contributed by atoms with Crippen molar-refractivity contribution < 1.29 is 49.0 Å². The molecular formula is C31H30N6O12. The first-order valence-corrected chi connectivity index (χ1v) is 14.8. The average molecular weight is 679 g/mol. The third-order valence-corrected chi connectivity index (χ3v) is 7.94. The molecule has 0 aliphatic carbocycles. The van der Waals surface area contributed by atoms with Crippen molar-refractivity contribution in [2.75, 3.05) is 5.32 Å². The normalized spacial score (nSPS) is 28.5. The first-order valence-electron chi connectivity index (χ1n) is 14.8. The van der Waals surface area contributed by atoms with Gasteiger partial charge in [0, 0.05) is 23.4 Å². The lowest BCUT2D eigenvalue weighted by atomic mass is 10.0. The molecule has 9 atom stereocenters. The van der Waals surface area contributed by atoms with Crippen LogP contribution in [0.25, 0.3) is 0 Å². The molecule has 4 heterocycles. The van der Waals surface area contributed by atoms with Gasteiger partial charge in [0.1, 0.15) is 30.5 Å². The predicted molar refractivity (Wildman–Crippen MR) is 165 cm³/mol. The fraction of sp³-hybridized carbons (Fsp3) is 0.290. The van der Waals surface area contributed by atoms with E-state index in [1.54, 1.807) is 54.6 Å². The van der Waals surface area contributed by atoms with Crippen LogP contribution in [0.2, 0.25) is 0 Å². The summed E-state index contributed by atoms with van der Waals surface area (Å²) in [6, 6.07) is 16.8. The molecule has 9 unspecified atom stereocenters. The molecule has 256 valence electrons. The van der Waals surface area contributed by atoms with Crippen LogP contribution in [0.15, 0.2) is 93.3 Å². The Hall–Kier alpha value is -5.50. The van der Waals surface area contributed by atoms with Crippen molar-refractivity contribution in [2.24, 2.45) is 10.7 Å². The minimum Gasteiger partial charge on any atom is -0.456 e. The number of fused-ring (bicyclic) bond motifs is 1. The van der Waals surface area contributed by atoms with E-state index >= 15 is 0 Å². The summed E-state index contributed by atoms with van der Waals surface area (Å²) in [5.74, 6) is -3.69. The van der Waals surface area contributed by atoms with E-state index in [1.807, 2.05) is 4.98 Å². The van der Waals surface area contributed by atoms with Crippen LogP contribution in [0, 0.1) is 0 Å². The first kappa shape index (κ1) is 33.4. The molecule has 18 heteroatoms. The fourth-order valence-corrected chi connectivity index (χ4v) is 5.51. The Morgan fingerprint density at radius 3 is 2.39 bits per heavy atom. The summed E-state index contributed by atoms with van der Waals surface area (Å²) in [6.07, 6.45) is -14.5. The number of aromatic nitrogens is 2. The van der Waals surface area contributed by atoms with Crippen LogP contribution < -0.4 is 27.6 Å². The Morgan fingerprint density at radius 1 is 0.959 bits per heavy atom. The van der Waals surface area contributed by atoms with Gasteiger partial charge >= 0.3 is 5.69 Å². The number of ether oxygens (including phenoxy) is 3. The van der Waals surface area contributed by atoms with E-state index in [2.05, 4.69) is 15.6 Å². The Labute approximate surface area is 275 Å². The van der Waals surface area contributed by atoms with Crippen LogP contribution in [-0.2, 0) is 28.6 Å². The van der Waals surface area contributed by atoms with Gasteiger partial charge in [0.2, 0.25) is 18.4 Å². The molecule has 3 aliphatic rings. The number of primary amides is 1. The molecule has 0 radical (unpaired) electrons. The van der Waals surface area contributed by atoms with Gasteiger partial charge in [0.25, 0.3) is 17.4 Å². The quantitative estimate of drug-likeness (QED) is 0.118. The Bertz CT molecular complexity index is 1940. The van der Waals surface area contributed by atoms with Crippen LogP contribution in [-0.4, -0.2) is 102 Å². The largest absolute Gasteiger partial charge is 0.456 e. The number of para-hydroxylation sites is 1. The summed E-state index contributed by atoms with van der Waals surface area (Å²) in [4.78, 5) is 69.3. The Morgan fingerprint density at radius 2 is 1.67 bits per heavy atom. The van der Waals surface area contributed by atoms with Crippen molar-refractivity contribution in [3.8, 4) is 0 Å². The van der Waals surface area contributed by atoms with Crippen LogP contribution in [0.5, 0.6) is 0 Å². The number of rotatable bonds is 8. The van der Waals surface area contributed by atoms with Gasteiger partial charge in [-0.15, -0.1) is 0 Å². The van der Waals surface area contributed by atoms with E-state index in [0.717, 1.165) is 22.9 Å². The topological polar surface area (TPSA) is 277 Å². The highest BCUT2D eigenvalue weighted by Crippen LogP contribution is 2.33. The summed E-state index contributed by atoms with van der Waals surface area (Å²) in [5.41, 5.74) is 5.82. The standard InChI is InChI=1S/C31H30N6O12/c32-25(43)24(23-21(41)22(42)29(48-23)37-11-10-18(39)34-31(37)46)49-30-20(40)16(38)12-17(47-30)27(44)36-26-28(45)33-15-9-5-4-8-14(15)19(35-26)13-6-2-1-3-7-13/h1-12,16,20-24,26,29-30,38,40-42H,(H2,32,43)(H,33,45)(H,36,44)(H,34,39,46). The zero-order chi connectivity index (χ0) is 35.0. The van der Waals surface area contributed by atoms with Crippen molar-refractivity contribution in [1.82, 2.24) is 14.9 Å². The number of nitrogens with two attached hydrogens (primary N) is 1. The predicted octanol–water partition coefficient (Wildman–Crippen LogP) is -3.08. The number of aliphatic hydroxyl groups is 4. The molecule has 1 aromatic heterocycles. The van der Waals surface area contributed by atoms with Crippen molar-refractivity contribution in [1.29, 1.82) is 0 Å². The number of aliphatic hydroxyl groups excluding tert-OH is 4. The van der Waals surface area contributed by atoms with Crippen LogP contribution in [0.3, 0.4) is 0 Å². The number of carbonyl (C=O) groups is 3. The number of nitrogens with one attached hydrogen (secondary N) is 3. The van der Waals surface area contributed by atoms with Gasteiger partial charge in [0.05, 0.1) is 11.4 Å². The van der Waals surface area contributed by atoms with E-state index in [1.165, 1.54) is 0 Å². The first-order chi connectivity index (χ1) is 23.4. The highest BCUT2D eigenvalue weighted by Gasteiger charge is 2.51. The zero-order valence-electron chi connectivity index (χ0n) is 25.2. The number of hydrogen-bond acceptors (Lipinski definition) is 13.